The normalized spacial score (nSPS) is 16.7. The summed E-state index contributed by atoms with van der Waals surface area (Å²) in [5.41, 5.74) is 2.45. The van der Waals surface area contributed by atoms with Gasteiger partial charge in [0.15, 0.2) is 0 Å². The fourth-order valence-corrected chi connectivity index (χ4v) is 3.42. The summed E-state index contributed by atoms with van der Waals surface area (Å²) in [5, 5.41) is 13.7. The molecular weight excluding hydrogens is 334 g/mol. The molecule has 3 aromatic rings. The van der Waals surface area contributed by atoms with Crippen LogP contribution in [0.25, 0.3) is 10.9 Å². The number of nitrogens with zero attached hydrogens (tertiary/aromatic N) is 3. The molecule has 1 aliphatic rings. The van der Waals surface area contributed by atoms with Crippen LogP contribution in [0.3, 0.4) is 0 Å². The second kappa shape index (κ2) is 6.60. The van der Waals surface area contributed by atoms with Gasteiger partial charge in [0.1, 0.15) is 17.7 Å². The lowest BCUT2D eigenvalue weighted by Gasteiger charge is -2.21. The summed E-state index contributed by atoms with van der Waals surface area (Å²) >= 11 is 0. The van der Waals surface area contributed by atoms with Gasteiger partial charge in [-0.3, -0.25) is 4.98 Å². The smallest absolute Gasteiger partial charge is 0.149 e. The first-order valence-corrected chi connectivity index (χ1v) is 8.40. The molecule has 6 heteroatoms. The highest BCUT2D eigenvalue weighted by Crippen LogP contribution is 2.29. The summed E-state index contributed by atoms with van der Waals surface area (Å²) < 4.78 is 27.2. The predicted octanol–water partition coefficient (Wildman–Crippen LogP) is 4.08. The van der Waals surface area contributed by atoms with Crippen LogP contribution in [0.4, 0.5) is 20.2 Å². The van der Waals surface area contributed by atoms with Gasteiger partial charge in [0, 0.05) is 36.8 Å². The molecule has 0 bridgehead atoms. The molecule has 1 fully saturated rings. The topological polar surface area (TPSA) is 52.0 Å². The number of nitrogens with one attached hydrogen (secondary N) is 1. The van der Waals surface area contributed by atoms with Crippen molar-refractivity contribution < 1.29 is 8.78 Å². The van der Waals surface area contributed by atoms with Gasteiger partial charge in [0.05, 0.1) is 22.5 Å². The van der Waals surface area contributed by atoms with Crippen LogP contribution in [0.15, 0.2) is 48.7 Å². The Morgan fingerprint density at radius 2 is 2.04 bits per heavy atom. The van der Waals surface area contributed by atoms with Crippen molar-refractivity contribution in [2.24, 2.45) is 0 Å². The fraction of sp³-hybridized carbons (Fsp3) is 0.200. The molecule has 1 unspecified atom stereocenters. The minimum Gasteiger partial charge on any atom is -0.379 e. The Labute approximate surface area is 149 Å². The van der Waals surface area contributed by atoms with Crippen LogP contribution in [0.5, 0.6) is 0 Å². The molecular formula is C20H16F2N4. The summed E-state index contributed by atoms with van der Waals surface area (Å²) in [4.78, 5) is 6.20. The fourth-order valence-electron chi connectivity index (χ4n) is 3.42. The molecule has 0 saturated carbocycles. The van der Waals surface area contributed by atoms with E-state index in [2.05, 4.69) is 16.4 Å². The average Bonchev–Trinajstić information content (AvgIpc) is 3.10. The van der Waals surface area contributed by atoms with Crippen molar-refractivity contribution in [3.05, 3.63) is 65.9 Å². The lowest BCUT2D eigenvalue weighted by atomic mass is 10.1. The molecule has 0 spiro atoms. The Bertz CT molecular complexity index is 1010. The van der Waals surface area contributed by atoms with E-state index in [0.717, 1.165) is 29.1 Å². The number of anilines is 2. The minimum atomic E-state index is -0.581. The maximum absolute atomic E-state index is 14.0. The largest absolute Gasteiger partial charge is 0.379 e. The molecule has 2 aromatic carbocycles. The number of nitriles is 1. The Kier molecular flexibility index (Phi) is 4.13. The number of hydrogen-bond acceptors (Lipinski definition) is 4. The van der Waals surface area contributed by atoms with Crippen molar-refractivity contribution in [3.8, 4) is 6.07 Å². The number of para-hydroxylation sites is 1. The number of rotatable bonds is 3. The van der Waals surface area contributed by atoms with Crippen LogP contribution in [-0.2, 0) is 0 Å². The molecule has 130 valence electrons. The standard InChI is InChI=1S/C20H16F2N4/c21-14-5-6-19(17(22)9-14)26-8-7-15(12-26)25-20-13(10-23)11-24-18-4-2-1-3-16(18)20/h1-6,9,11,15H,7-8,12H2,(H,24,25). The van der Waals surface area contributed by atoms with Crippen molar-refractivity contribution in [1.29, 1.82) is 5.26 Å². The van der Waals surface area contributed by atoms with E-state index in [1.807, 2.05) is 29.2 Å². The third-order valence-corrected chi connectivity index (χ3v) is 4.68. The Morgan fingerprint density at radius 1 is 1.19 bits per heavy atom. The van der Waals surface area contributed by atoms with Crippen molar-refractivity contribution >= 4 is 22.3 Å². The van der Waals surface area contributed by atoms with E-state index in [1.165, 1.54) is 12.1 Å². The number of pyridine rings is 1. The Hall–Kier alpha value is -3.20. The van der Waals surface area contributed by atoms with Crippen LogP contribution >= 0.6 is 0 Å². The van der Waals surface area contributed by atoms with Crippen LogP contribution in [-0.4, -0.2) is 24.1 Å². The number of aromatic nitrogens is 1. The lowest BCUT2D eigenvalue weighted by Crippen LogP contribution is -2.27. The molecule has 0 amide bonds. The molecule has 4 nitrogen and oxygen atoms in total. The maximum Gasteiger partial charge on any atom is 0.149 e. The van der Waals surface area contributed by atoms with Crippen molar-refractivity contribution in [1.82, 2.24) is 4.98 Å². The van der Waals surface area contributed by atoms with Crippen LogP contribution in [0.2, 0.25) is 0 Å². The van der Waals surface area contributed by atoms with Gasteiger partial charge in [-0.1, -0.05) is 18.2 Å². The molecule has 1 saturated heterocycles. The summed E-state index contributed by atoms with van der Waals surface area (Å²) in [5.74, 6) is -1.14. The summed E-state index contributed by atoms with van der Waals surface area (Å²) in [6.45, 7) is 1.23. The second-order valence-electron chi connectivity index (χ2n) is 6.35. The summed E-state index contributed by atoms with van der Waals surface area (Å²) in [7, 11) is 0. The number of halogens is 2. The van der Waals surface area contributed by atoms with E-state index in [9.17, 15) is 14.0 Å². The molecule has 1 aliphatic heterocycles. The van der Waals surface area contributed by atoms with E-state index in [0.29, 0.717) is 24.3 Å². The molecule has 4 rings (SSSR count). The molecule has 1 atom stereocenters. The summed E-state index contributed by atoms with van der Waals surface area (Å²) in [6.07, 6.45) is 2.36. The second-order valence-corrected chi connectivity index (χ2v) is 6.35. The van der Waals surface area contributed by atoms with Crippen LogP contribution in [0, 0.1) is 23.0 Å². The van der Waals surface area contributed by atoms with Crippen LogP contribution < -0.4 is 10.2 Å². The van der Waals surface area contributed by atoms with Gasteiger partial charge in [-0.05, 0) is 24.6 Å². The zero-order valence-corrected chi connectivity index (χ0v) is 13.9. The highest BCUT2D eigenvalue weighted by atomic mass is 19.1. The number of benzene rings is 2. The SMILES string of the molecule is N#Cc1cnc2ccccc2c1NC1CCN(c2ccc(F)cc2F)C1. The van der Waals surface area contributed by atoms with Gasteiger partial charge in [0.25, 0.3) is 0 Å². The molecule has 2 heterocycles. The van der Waals surface area contributed by atoms with Gasteiger partial charge < -0.3 is 10.2 Å². The highest BCUT2D eigenvalue weighted by Gasteiger charge is 2.25. The third kappa shape index (κ3) is 2.92. The van der Waals surface area contributed by atoms with Crippen molar-refractivity contribution in [2.45, 2.75) is 12.5 Å². The van der Waals surface area contributed by atoms with Gasteiger partial charge in [0.2, 0.25) is 0 Å². The zero-order valence-electron chi connectivity index (χ0n) is 13.9. The minimum absolute atomic E-state index is 0.0531. The number of fused-ring (bicyclic) bond motifs is 1. The van der Waals surface area contributed by atoms with E-state index in [1.54, 1.807) is 6.20 Å². The third-order valence-electron chi connectivity index (χ3n) is 4.68. The molecule has 1 N–H and O–H groups in total. The molecule has 26 heavy (non-hydrogen) atoms. The lowest BCUT2D eigenvalue weighted by molar-refractivity contribution is 0.581. The Morgan fingerprint density at radius 3 is 2.85 bits per heavy atom. The summed E-state index contributed by atoms with van der Waals surface area (Å²) in [6, 6.07) is 13.5. The van der Waals surface area contributed by atoms with E-state index in [-0.39, 0.29) is 6.04 Å². The molecule has 0 radical (unpaired) electrons. The van der Waals surface area contributed by atoms with Gasteiger partial charge in [-0.25, -0.2) is 8.78 Å². The first-order valence-electron chi connectivity index (χ1n) is 8.40. The Balaban J connectivity index is 1.60. The van der Waals surface area contributed by atoms with Crippen molar-refractivity contribution in [3.63, 3.8) is 0 Å². The number of hydrogen-bond donors (Lipinski definition) is 1. The quantitative estimate of drug-likeness (QED) is 0.773. The van der Waals surface area contributed by atoms with Gasteiger partial charge in [-0.15, -0.1) is 0 Å². The first-order chi connectivity index (χ1) is 12.7. The maximum atomic E-state index is 14.0. The van der Waals surface area contributed by atoms with E-state index in [4.69, 9.17) is 0 Å². The first kappa shape index (κ1) is 16.3. The average molecular weight is 350 g/mol. The zero-order chi connectivity index (χ0) is 18.1. The highest BCUT2D eigenvalue weighted by molar-refractivity contribution is 5.94. The molecule has 0 aliphatic carbocycles. The van der Waals surface area contributed by atoms with Gasteiger partial charge in [-0.2, -0.15) is 5.26 Å². The molecule has 1 aromatic heterocycles. The van der Waals surface area contributed by atoms with E-state index >= 15 is 0 Å². The van der Waals surface area contributed by atoms with Crippen LogP contribution in [0.1, 0.15) is 12.0 Å². The monoisotopic (exact) mass is 350 g/mol. The van der Waals surface area contributed by atoms with Crippen molar-refractivity contribution in [2.75, 3.05) is 23.3 Å². The van der Waals surface area contributed by atoms with Gasteiger partial charge >= 0.3 is 0 Å². The van der Waals surface area contributed by atoms with E-state index < -0.39 is 11.6 Å². The predicted molar refractivity (Wildman–Crippen MR) is 97.1 cm³/mol.